The number of halogens is 1. The Balaban J connectivity index is 2.18. The zero-order valence-electron chi connectivity index (χ0n) is 12.5. The molecule has 0 atom stereocenters. The number of carbonyl (C=O) groups excluding carboxylic acids is 1. The maximum atomic E-state index is 12.2. The van der Waals surface area contributed by atoms with Gasteiger partial charge in [0.15, 0.2) is 0 Å². The first-order valence-electron chi connectivity index (χ1n) is 7.04. The normalized spacial score (nSPS) is 10.9. The van der Waals surface area contributed by atoms with Crippen molar-refractivity contribution < 1.29 is 9.90 Å². The van der Waals surface area contributed by atoms with E-state index in [0.717, 1.165) is 6.42 Å². The number of anilines is 1. The number of carbonyl (C=O) groups is 1. The molecule has 1 amide bonds. The van der Waals surface area contributed by atoms with E-state index in [4.69, 9.17) is 0 Å². The molecular weight excluding hydrogens is 356 g/mol. The van der Waals surface area contributed by atoms with Crippen LogP contribution in [0.4, 0.5) is 5.69 Å². The van der Waals surface area contributed by atoms with Crippen LogP contribution in [0.5, 0.6) is 5.75 Å². The summed E-state index contributed by atoms with van der Waals surface area (Å²) in [7, 11) is 0. The Morgan fingerprint density at radius 1 is 1.30 bits per heavy atom. The van der Waals surface area contributed by atoms with Crippen molar-refractivity contribution in [3.63, 3.8) is 0 Å². The molecule has 2 aromatic carbocycles. The number of amides is 1. The first kappa shape index (κ1) is 16.8. The molecule has 0 saturated heterocycles. The highest BCUT2D eigenvalue weighted by Crippen LogP contribution is 2.25. The predicted octanol–water partition coefficient (Wildman–Crippen LogP) is 4.26. The van der Waals surface area contributed by atoms with E-state index < -0.39 is 5.91 Å². The highest BCUT2D eigenvalue weighted by molar-refractivity contribution is 9.10. The van der Waals surface area contributed by atoms with Gasteiger partial charge < -0.3 is 10.4 Å². The summed E-state index contributed by atoms with van der Waals surface area (Å²) < 4.78 is 0.499. The Labute approximate surface area is 143 Å². The average Bonchev–Trinajstić information content (AvgIpc) is 2.56. The fourth-order valence-electron chi connectivity index (χ4n) is 1.95. The van der Waals surface area contributed by atoms with Gasteiger partial charge in [0.25, 0.3) is 5.91 Å². The summed E-state index contributed by atoms with van der Waals surface area (Å²) in [6, 6.07) is 14.1. The molecule has 2 N–H and O–H groups in total. The first-order chi connectivity index (χ1) is 11.0. The molecule has 5 heteroatoms. The van der Waals surface area contributed by atoms with E-state index in [0.29, 0.717) is 15.7 Å². The maximum absolute atomic E-state index is 12.2. The third-order valence-electron chi connectivity index (χ3n) is 3.27. The quantitative estimate of drug-likeness (QED) is 0.623. The third-order valence-corrected chi connectivity index (χ3v) is 3.90. The van der Waals surface area contributed by atoms with Crippen molar-refractivity contribution in [3.05, 3.63) is 63.6 Å². The van der Waals surface area contributed by atoms with Gasteiger partial charge in [0.05, 0.1) is 4.47 Å². The average molecular weight is 371 g/mol. The lowest BCUT2D eigenvalue weighted by Crippen LogP contribution is -2.13. The molecule has 0 aliphatic heterocycles. The number of nitriles is 1. The molecule has 0 aliphatic carbocycles. The van der Waals surface area contributed by atoms with Crippen molar-refractivity contribution in [2.45, 2.75) is 13.3 Å². The second-order valence-corrected chi connectivity index (χ2v) is 5.74. The van der Waals surface area contributed by atoms with Crippen molar-refractivity contribution in [3.8, 4) is 11.8 Å². The largest absolute Gasteiger partial charge is 0.507 e. The van der Waals surface area contributed by atoms with Gasteiger partial charge in [0, 0.05) is 5.69 Å². The van der Waals surface area contributed by atoms with Gasteiger partial charge in [0.1, 0.15) is 17.4 Å². The molecule has 0 unspecified atom stereocenters. The monoisotopic (exact) mass is 370 g/mol. The predicted molar refractivity (Wildman–Crippen MR) is 93.8 cm³/mol. The number of aromatic hydroxyl groups is 1. The molecule has 0 spiro atoms. The maximum Gasteiger partial charge on any atom is 0.266 e. The molecule has 0 aromatic heterocycles. The van der Waals surface area contributed by atoms with E-state index in [2.05, 4.69) is 28.2 Å². The minimum absolute atomic E-state index is 0.0119. The number of phenols is 1. The van der Waals surface area contributed by atoms with Crippen LogP contribution in [-0.4, -0.2) is 11.0 Å². The van der Waals surface area contributed by atoms with Crippen LogP contribution in [0, 0.1) is 11.3 Å². The van der Waals surface area contributed by atoms with Crippen LogP contribution in [0.25, 0.3) is 6.08 Å². The fourth-order valence-corrected chi connectivity index (χ4v) is 2.35. The van der Waals surface area contributed by atoms with Crippen LogP contribution in [0.3, 0.4) is 0 Å². The van der Waals surface area contributed by atoms with Gasteiger partial charge in [-0.25, -0.2) is 0 Å². The van der Waals surface area contributed by atoms with Gasteiger partial charge in [-0.1, -0.05) is 25.1 Å². The highest BCUT2D eigenvalue weighted by atomic mass is 79.9. The SMILES string of the molecule is CCc1ccc(NC(=O)/C(C#N)=C/c2ccc(O)c(Br)c2)cc1. The summed E-state index contributed by atoms with van der Waals surface area (Å²) in [6.45, 7) is 2.06. The number of benzene rings is 2. The molecule has 116 valence electrons. The van der Waals surface area contributed by atoms with Crippen molar-refractivity contribution in [1.82, 2.24) is 0 Å². The number of hydrogen-bond acceptors (Lipinski definition) is 3. The molecule has 2 aromatic rings. The summed E-state index contributed by atoms with van der Waals surface area (Å²) >= 11 is 3.20. The highest BCUT2D eigenvalue weighted by Gasteiger charge is 2.10. The van der Waals surface area contributed by atoms with Crippen molar-refractivity contribution in [2.75, 3.05) is 5.32 Å². The zero-order chi connectivity index (χ0) is 16.8. The van der Waals surface area contributed by atoms with E-state index in [1.54, 1.807) is 12.1 Å². The van der Waals surface area contributed by atoms with Gasteiger partial charge >= 0.3 is 0 Å². The van der Waals surface area contributed by atoms with Crippen LogP contribution in [0.1, 0.15) is 18.1 Å². The Kier molecular flexibility index (Phi) is 5.56. The second kappa shape index (κ2) is 7.61. The second-order valence-electron chi connectivity index (χ2n) is 4.89. The zero-order valence-corrected chi connectivity index (χ0v) is 14.1. The Morgan fingerprint density at radius 3 is 2.57 bits per heavy atom. The van der Waals surface area contributed by atoms with E-state index in [1.807, 2.05) is 30.3 Å². The first-order valence-corrected chi connectivity index (χ1v) is 7.83. The number of rotatable bonds is 4. The molecule has 0 heterocycles. The van der Waals surface area contributed by atoms with E-state index >= 15 is 0 Å². The number of phenolic OH excluding ortho intramolecular Hbond substituents is 1. The van der Waals surface area contributed by atoms with Crippen LogP contribution in [0.2, 0.25) is 0 Å². The fraction of sp³-hybridized carbons (Fsp3) is 0.111. The molecule has 0 bridgehead atoms. The van der Waals surface area contributed by atoms with E-state index in [1.165, 1.54) is 17.7 Å². The molecule has 0 saturated carbocycles. The number of hydrogen-bond donors (Lipinski definition) is 2. The van der Waals surface area contributed by atoms with Crippen molar-refractivity contribution >= 4 is 33.6 Å². The Morgan fingerprint density at radius 2 is 2.00 bits per heavy atom. The molecule has 2 rings (SSSR count). The molecule has 0 radical (unpaired) electrons. The minimum atomic E-state index is -0.471. The van der Waals surface area contributed by atoms with Gasteiger partial charge in [-0.3, -0.25) is 4.79 Å². The lowest BCUT2D eigenvalue weighted by Gasteiger charge is -2.05. The number of nitrogens with zero attached hydrogens (tertiary/aromatic N) is 1. The van der Waals surface area contributed by atoms with Crippen LogP contribution in [0.15, 0.2) is 52.5 Å². The molecule has 4 nitrogen and oxygen atoms in total. The van der Waals surface area contributed by atoms with Crippen LogP contribution >= 0.6 is 15.9 Å². The minimum Gasteiger partial charge on any atom is -0.507 e. The van der Waals surface area contributed by atoms with Crippen molar-refractivity contribution in [1.29, 1.82) is 5.26 Å². The van der Waals surface area contributed by atoms with Crippen LogP contribution in [-0.2, 0) is 11.2 Å². The summed E-state index contributed by atoms with van der Waals surface area (Å²) in [5, 5.41) is 21.4. The summed E-state index contributed by atoms with van der Waals surface area (Å²) in [4.78, 5) is 12.2. The Hall–Kier alpha value is -2.58. The number of nitrogens with one attached hydrogen (secondary N) is 1. The third kappa shape index (κ3) is 4.44. The van der Waals surface area contributed by atoms with Crippen molar-refractivity contribution in [2.24, 2.45) is 0 Å². The van der Waals surface area contributed by atoms with E-state index in [9.17, 15) is 15.2 Å². The lowest BCUT2D eigenvalue weighted by atomic mass is 10.1. The van der Waals surface area contributed by atoms with Crippen LogP contribution < -0.4 is 5.32 Å². The summed E-state index contributed by atoms with van der Waals surface area (Å²) in [5.41, 5.74) is 2.44. The summed E-state index contributed by atoms with van der Waals surface area (Å²) in [6.07, 6.45) is 2.40. The van der Waals surface area contributed by atoms with Gasteiger partial charge in [-0.2, -0.15) is 5.26 Å². The number of aryl methyl sites for hydroxylation is 1. The van der Waals surface area contributed by atoms with Gasteiger partial charge in [0.2, 0.25) is 0 Å². The molecule has 0 fully saturated rings. The molecule has 0 aliphatic rings. The molecular formula is C18H15BrN2O2. The van der Waals surface area contributed by atoms with Gasteiger partial charge in [-0.05, 0) is 63.8 Å². The Bertz CT molecular complexity index is 790. The smallest absolute Gasteiger partial charge is 0.266 e. The van der Waals surface area contributed by atoms with Gasteiger partial charge in [-0.15, -0.1) is 0 Å². The lowest BCUT2D eigenvalue weighted by molar-refractivity contribution is -0.112. The standard InChI is InChI=1S/C18H15BrN2O2/c1-2-12-3-6-15(7-4-12)21-18(23)14(11-20)9-13-5-8-17(22)16(19)10-13/h3-10,22H,2H2,1H3,(H,21,23)/b14-9+. The topological polar surface area (TPSA) is 73.1 Å². The van der Waals surface area contributed by atoms with E-state index in [-0.39, 0.29) is 11.3 Å². The molecule has 23 heavy (non-hydrogen) atoms. The summed E-state index contributed by atoms with van der Waals surface area (Å²) in [5.74, 6) is -0.373.